The van der Waals surface area contributed by atoms with Crippen LogP contribution in [0.2, 0.25) is 36.5 Å². The van der Waals surface area contributed by atoms with Crippen LogP contribution < -0.4 is 0 Å². The molecule has 0 bridgehead atoms. The van der Waals surface area contributed by atoms with Gasteiger partial charge in [-0.3, -0.25) is 0 Å². The lowest BCUT2D eigenvalue weighted by Crippen LogP contribution is -2.31. The third-order valence-electron chi connectivity index (χ3n) is 3.32. The second kappa shape index (κ2) is 0.906. The summed E-state index contributed by atoms with van der Waals surface area (Å²) in [4.78, 5) is 0. The molecule has 2 rings (SSSR count). The lowest BCUT2D eigenvalue weighted by Gasteiger charge is -2.18. The Morgan fingerprint density at radius 1 is 0.750 bits per heavy atom. The Morgan fingerprint density at radius 2 is 1.00 bits per heavy atom. The van der Waals surface area contributed by atoms with Crippen LogP contribution in [0.15, 0.2) is 0 Å². The first kappa shape index (κ1) is 5.24. The molecule has 2 heteroatoms. The Labute approximate surface area is 53.3 Å². The van der Waals surface area contributed by atoms with Gasteiger partial charge in [0.1, 0.15) is 0 Å². The van der Waals surface area contributed by atoms with Crippen LogP contribution in [-0.4, -0.2) is 16.1 Å². The van der Waals surface area contributed by atoms with E-state index in [2.05, 4.69) is 26.2 Å². The van der Waals surface area contributed by atoms with Crippen molar-refractivity contribution in [2.75, 3.05) is 0 Å². The molecular formula is C6H14Si2. The summed E-state index contributed by atoms with van der Waals surface area (Å²) in [6.45, 7) is 10.2. The van der Waals surface area contributed by atoms with Crippen LogP contribution in [0.4, 0.5) is 0 Å². The molecule has 0 radical (unpaired) electrons. The Morgan fingerprint density at radius 3 is 1.00 bits per heavy atom. The molecule has 0 aromatic rings. The van der Waals surface area contributed by atoms with Crippen LogP contribution in [0.5, 0.6) is 0 Å². The molecule has 8 heavy (non-hydrogen) atoms. The van der Waals surface area contributed by atoms with E-state index < -0.39 is 16.1 Å². The molecule has 0 aromatic heterocycles. The molecule has 0 aliphatic carbocycles. The molecule has 2 fully saturated rings. The van der Waals surface area contributed by atoms with Crippen molar-refractivity contribution in [1.29, 1.82) is 0 Å². The van der Waals surface area contributed by atoms with Crippen molar-refractivity contribution in [3.63, 3.8) is 0 Å². The highest BCUT2D eigenvalue weighted by Gasteiger charge is 2.85. The van der Waals surface area contributed by atoms with Gasteiger partial charge >= 0.3 is 0 Å². The van der Waals surface area contributed by atoms with E-state index in [1.165, 1.54) is 10.3 Å². The quantitative estimate of drug-likeness (QED) is 0.455. The Bertz CT molecular complexity index is 119. The Kier molecular flexibility index (Phi) is 0.593. The Hall–Kier alpha value is 0.434. The molecule has 0 aromatic carbocycles. The van der Waals surface area contributed by atoms with Crippen molar-refractivity contribution in [3.8, 4) is 0 Å². The molecule has 0 N–H and O–H groups in total. The summed E-state index contributed by atoms with van der Waals surface area (Å²) < 4.78 is 0. The fourth-order valence-corrected chi connectivity index (χ4v) is 27.9. The lowest BCUT2D eigenvalue weighted by atomic mass is 11.0. The summed E-state index contributed by atoms with van der Waals surface area (Å²) in [5.41, 5.74) is 0. The van der Waals surface area contributed by atoms with Gasteiger partial charge in [-0.2, -0.15) is 0 Å². The minimum atomic E-state index is -0.441. The summed E-state index contributed by atoms with van der Waals surface area (Å²) in [5.74, 6) is 0. The van der Waals surface area contributed by atoms with E-state index in [1.807, 2.05) is 0 Å². The summed E-state index contributed by atoms with van der Waals surface area (Å²) in [6.07, 6.45) is 0. The van der Waals surface area contributed by atoms with E-state index in [-0.39, 0.29) is 0 Å². The summed E-state index contributed by atoms with van der Waals surface area (Å²) in [5, 5.41) is 2.71. The highest BCUT2D eigenvalue weighted by molar-refractivity contribution is 7.30. The van der Waals surface area contributed by atoms with Crippen LogP contribution in [0.25, 0.3) is 0 Å². The van der Waals surface area contributed by atoms with Gasteiger partial charge in [-0.15, -0.1) is 0 Å². The predicted octanol–water partition coefficient (Wildman–Crippen LogP) is 2.25. The molecule has 2 saturated heterocycles. The Balaban J connectivity index is 2.13. The minimum absolute atomic E-state index is 0.441. The number of hydrogen-bond acceptors (Lipinski definition) is 0. The lowest BCUT2D eigenvalue weighted by molar-refractivity contribution is 1.69. The first-order valence-electron chi connectivity index (χ1n) is 3.49. The van der Waals surface area contributed by atoms with Gasteiger partial charge < -0.3 is 0 Å². The summed E-state index contributed by atoms with van der Waals surface area (Å²) in [7, 11) is -0.882. The fraction of sp³-hybridized carbons (Fsp3) is 1.00. The van der Waals surface area contributed by atoms with E-state index in [0.717, 1.165) is 0 Å². The van der Waals surface area contributed by atoms with Crippen LogP contribution >= 0.6 is 0 Å². The summed E-state index contributed by atoms with van der Waals surface area (Å²) >= 11 is 0. The molecule has 46 valence electrons. The average molecular weight is 142 g/mol. The van der Waals surface area contributed by atoms with Crippen LogP contribution in [0.1, 0.15) is 0 Å². The van der Waals surface area contributed by atoms with E-state index >= 15 is 0 Å². The van der Waals surface area contributed by atoms with Gasteiger partial charge in [-0.1, -0.05) is 36.5 Å². The van der Waals surface area contributed by atoms with Gasteiger partial charge in [-0.05, 0) is 0 Å². The van der Waals surface area contributed by atoms with Crippen molar-refractivity contribution in [1.82, 2.24) is 0 Å². The van der Waals surface area contributed by atoms with Gasteiger partial charge in [-0.25, -0.2) is 0 Å². The van der Waals surface area contributed by atoms with E-state index in [9.17, 15) is 0 Å². The minimum Gasteiger partial charge on any atom is -0.0694 e. The third-order valence-corrected chi connectivity index (χ3v) is 19.9. The average Bonchev–Trinajstić information content (AvgIpc) is 2.24. The zero-order valence-corrected chi connectivity index (χ0v) is 8.15. The van der Waals surface area contributed by atoms with Gasteiger partial charge in [0, 0.05) is 16.1 Å². The molecule has 0 saturated carbocycles. The number of hydrogen-bond donors (Lipinski definition) is 0. The number of rotatable bonds is 0. The monoisotopic (exact) mass is 142 g/mol. The standard InChI is InChI=1S/C6H14Si2/c1-7(2)5-6(7)8(5,3)4/h5-6H,1-4H3. The topological polar surface area (TPSA) is 0 Å². The summed E-state index contributed by atoms with van der Waals surface area (Å²) in [6, 6.07) is 0. The van der Waals surface area contributed by atoms with Gasteiger partial charge in [0.15, 0.2) is 0 Å². The normalized spacial score (nSPS) is 52.5. The van der Waals surface area contributed by atoms with Gasteiger partial charge in [0.2, 0.25) is 0 Å². The predicted molar refractivity (Wildman–Crippen MR) is 42.5 cm³/mol. The van der Waals surface area contributed by atoms with Crippen molar-refractivity contribution in [2.24, 2.45) is 0 Å². The first-order valence-corrected chi connectivity index (χ1v) is 9.80. The molecule has 0 spiro atoms. The molecule has 0 atom stereocenters. The molecule has 2 aliphatic heterocycles. The maximum absolute atomic E-state index is 2.56. The highest BCUT2D eigenvalue weighted by atomic mass is 28.5. The molecule has 0 amide bonds. The maximum Gasteiger partial charge on any atom is 0.0477 e. The SMILES string of the molecule is C[Si]1(C)C2C1[Si]2(C)C. The smallest absolute Gasteiger partial charge is 0.0477 e. The van der Waals surface area contributed by atoms with E-state index in [4.69, 9.17) is 0 Å². The molecular weight excluding hydrogens is 128 g/mol. The van der Waals surface area contributed by atoms with Gasteiger partial charge in [0.05, 0.1) is 0 Å². The van der Waals surface area contributed by atoms with Gasteiger partial charge in [0.25, 0.3) is 0 Å². The molecule has 0 nitrogen and oxygen atoms in total. The molecule has 2 heterocycles. The maximum atomic E-state index is 2.56. The third kappa shape index (κ3) is 0.318. The van der Waals surface area contributed by atoms with E-state index in [0.29, 0.717) is 0 Å². The first-order chi connectivity index (χ1) is 3.49. The van der Waals surface area contributed by atoms with Crippen molar-refractivity contribution in [3.05, 3.63) is 0 Å². The second-order valence-corrected chi connectivity index (χ2v) is 15.5. The van der Waals surface area contributed by atoms with Crippen molar-refractivity contribution >= 4 is 16.1 Å². The fourth-order valence-electron chi connectivity index (χ4n) is 3.10. The molecule has 2 aliphatic rings. The highest BCUT2D eigenvalue weighted by Crippen LogP contribution is 2.84. The van der Waals surface area contributed by atoms with Crippen LogP contribution in [-0.2, 0) is 0 Å². The van der Waals surface area contributed by atoms with Crippen molar-refractivity contribution in [2.45, 2.75) is 36.5 Å². The zero-order chi connectivity index (χ0) is 6.15. The van der Waals surface area contributed by atoms with E-state index in [1.54, 1.807) is 0 Å². The largest absolute Gasteiger partial charge is 0.0694 e. The van der Waals surface area contributed by atoms with Crippen LogP contribution in [0, 0.1) is 0 Å². The zero-order valence-electron chi connectivity index (χ0n) is 6.15. The van der Waals surface area contributed by atoms with Crippen LogP contribution in [0.3, 0.4) is 0 Å². The van der Waals surface area contributed by atoms with Crippen molar-refractivity contribution < 1.29 is 0 Å². The molecule has 0 unspecified atom stereocenters. The number of fused-ring (bicyclic) bond motifs is 1. The second-order valence-electron chi connectivity index (χ2n) is 4.60.